The van der Waals surface area contributed by atoms with Gasteiger partial charge in [-0.05, 0) is 49.9 Å². The number of benzene rings is 2. The first kappa shape index (κ1) is 15.8. The lowest BCUT2D eigenvalue weighted by molar-refractivity contribution is 0.126. The van der Waals surface area contributed by atoms with Crippen LogP contribution < -0.4 is 10.1 Å². The SMILES string of the molecule is OC1CCC(Nc2ncc3ccc(Oc4ccccc4)cc3n2)CC1. The molecule has 2 N–H and O–H groups in total. The Morgan fingerprint density at radius 2 is 1.76 bits per heavy atom. The van der Waals surface area contributed by atoms with Crippen LogP contribution in [0.1, 0.15) is 25.7 Å². The van der Waals surface area contributed by atoms with E-state index in [1.54, 1.807) is 0 Å². The van der Waals surface area contributed by atoms with Crippen LogP contribution in [0, 0.1) is 0 Å². The highest BCUT2D eigenvalue weighted by Gasteiger charge is 2.19. The first-order chi connectivity index (χ1) is 12.3. The molecule has 5 nitrogen and oxygen atoms in total. The van der Waals surface area contributed by atoms with Crippen LogP contribution >= 0.6 is 0 Å². The van der Waals surface area contributed by atoms with Gasteiger partial charge in [0.1, 0.15) is 11.5 Å². The number of aliphatic hydroxyl groups excluding tert-OH is 1. The van der Waals surface area contributed by atoms with Gasteiger partial charge in [-0.15, -0.1) is 0 Å². The molecule has 1 heterocycles. The van der Waals surface area contributed by atoms with Gasteiger partial charge in [-0.3, -0.25) is 0 Å². The number of hydrogen-bond acceptors (Lipinski definition) is 5. The van der Waals surface area contributed by atoms with Crippen molar-refractivity contribution in [2.75, 3.05) is 5.32 Å². The highest BCUT2D eigenvalue weighted by Crippen LogP contribution is 2.26. The fourth-order valence-corrected chi connectivity index (χ4v) is 3.16. The summed E-state index contributed by atoms with van der Waals surface area (Å²) < 4.78 is 5.88. The van der Waals surface area contributed by atoms with Crippen molar-refractivity contribution in [3.05, 3.63) is 54.7 Å². The Kier molecular flexibility index (Phi) is 4.48. The van der Waals surface area contributed by atoms with Crippen molar-refractivity contribution in [1.29, 1.82) is 0 Å². The average Bonchev–Trinajstić information content (AvgIpc) is 2.64. The van der Waals surface area contributed by atoms with Gasteiger partial charge in [-0.2, -0.15) is 0 Å². The van der Waals surface area contributed by atoms with Crippen molar-refractivity contribution >= 4 is 16.9 Å². The van der Waals surface area contributed by atoms with Crippen LogP contribution in [-0.4, -0.2) is 27.2 Å². The molecule has 0 unspecified atom stereocenters. The monoisotopic (exact) mass is 335 g/mol. The second-order valence-electron chi connectivity index (χ2n) is 6.48. The number of nitrogens with one attached hydrogen (secondary N) is 1. The summed E-state index contributed by atoms with van der Waals surface area (Å²) >= 11 is 0. The molecular weight excluding hydrogens is 314 g/mol. The maximum absolute atomic E-state index is 9.61. The Labute approximate surface area is 146 Å². The normalized spacial score (nSPS) is 20.4. The maximum atomic E-state index is 9.61. The summed E-state index contributed by atoms with van der Waals surface area (Å²) in [6.45, 7) is 0. The van der Waals surface area contributed by atoms with E-state index < -0.39 is 0 Å². The molecule has 0 aliphatic heterocycles. The molecule has 0 radical (unpaired) electrons. The molecule has 0 amide bonds. The van der Waals surface area contributed by atoms with E-state index in [2.05, 4.69) is 15.3 Å². The highest BCUT2D eigenvalue weighted by atomic mass is 16.5. The number of rotatable bonds is 4. The van der Waals surface area contributed by atoms with Crippen LogP contribution in [0.3, 0.4) is 0 Å². The van der Waals surface area contributed by atoms with Gasteiger partial charge in [0.2, 0.25) is 5.95 Å². The Bertz CT molecular complexity index is 846. The molecular formula is C20H21N3O2. The molecule has 4 rings (SSSR count). The number of aromatic nitrogens is 2. The lowest BCUT2D eigenvalue weighted by atomic mass is 9.93. The number of para-hydroxylation sites is 1. The molecule has 0 saturated heterocycles. The number of ether oxygens (including phenoxy) is 1. The van der Waals surface area contributed by atoms with Gasteiger partial charge in [0.15, 0.2) is 0 Å². The van der Waals surface area contributed by atoms with Crippen LogP contribution in [0.4, 0.5) is 5.95 Å². The Morgan fingerprint density at radius 1 is 0.960 bits per heavy atom. The van der Waals surface area contributed by atoms with E-state index in [1.807, 2.05) is 54.7 Å². The predicted octanol–water partition coefficient (Wildman–Crippen LogP) is 4.14. The number of anilines is 1. The van der Waals surface area contributed by atoms with Crippen LogP contribution in [0.2, 0.25) is 0 Å². The molecule has 5 heteroatoms. The number of fused-ring (bicyclic) bond motifs is 1. The van der Waals surface area contributed by atoms with Gasteiger partial charge < -0.3 is 15.2 Å². The molecule has 0 spiro atoms. The second-order valence-corrected chi connectivity index (χ2v) is 6.48. The van der Waals surface area contributed by atoms with Crippen molar-refractivity contribution in [1.82, 2.24) is 9.97 Å². The second kappa shape index (κ2) is 7.07. The third kappa shape index (κ3) is 3.88. The minimum atomic E-state index is -0.159. The third-order valence-corrected chi connectivity index (χ3v) is 4.56. The zero-order valence-corrected chi connectivity index (χ0v) is 13.9. The molecule has 3 aromatic rings. The summed E-state index contributed by atoms with van der Waals surface area (Å²) in [5, 5.41) is 14.0. The van der Waals surface area contributed by atoms with E-state index in [4.69, 9.17) is 4.74 Å². The van der Waals surface area contributed by atoms with Gasteiger partial charge in [0.05, 0.1) is 11.6 Å². The zero-order valence-electron chi connectivity index (χ0n) is 13.9. The molecule has 2 aromatic carbocycles. The molecule has 128 valence electrons. The third-order valence-electron chi connectivity index (χ3n) is 4.56. The molecule has 1 fully saturated rings. The van der Waals surface area contributed by atoms with E-state index in [9.17, 15) is 5.11 Å². The summed E-state index contributed by atoms with van der Waals surface area (Å²) in [6.07, 6.45) is 5.22. The average molecular weight is 335 g/mol. The standard InChI is InChI=1S/C20H21N3O2/c24-16-9-7-15(8-10-16)22-20-21-13-14-6-11-18(12-19(14)23-20)25-17-4-2-1-3-5-17/h1-6,11-13,15-16,24H,7-10H2,(H,21,22,23). The van der Waals surface area contributed by atoms with E-state index >= 15 is 0 Å². The Balaban J connectivity index is 1.52. The van der Waals surface area contributed by atoms with Crippen molar-refractivity contribution in [2.24, 2.45) is 0 Å². The highest BCUT2D eigenvalue weighted by molar-refractivity contribution is 5.80. The summed E-state index contributed by atoms with van der Waals surface area (Å²) in [4.78, 5) is 9.03. The van der Waals surface area contributed by atoms with Gasteiger partial charge in [-0.1, -0.05) is 18.2 Å². The number of aliphatic hydroxyl groups is 1. The predicted molar refractivity (Wildman–Crippen MR) is 97.9 cm³/mol. The molecule has 1 aromatic heterocycles. The molecule has 1 aliphatic carbocycles. The van der Waals surface area contributed by atoms with Crippen molar-refractivity contribution in [3.63, 3.8) is 0 Å². The summed E-state index contributed by atoms with van der Waals surface area (Å²) in [7, 11) is 0. The van der Waals surface area contributed by atoms with Crippen molar-refractivity contribution in [2.45, 2.75) is 37.8 Å². The smallest absolute Gasteiger partial charge is 0.223 e. The van der Waals surface area contributed by atoms with E-state index in [0.717, 1.165) is 48.1 Å². The van der Waals surface area contributed by atoms with E-state index in [0.29, 0.717) is 12.0 Å². The number of nitrogens with zero attached hydrogens (tertiary/aromatic N) is 2. The van der Waals surface area contributed by atoms with Gasteiger partial charge in [-0.25, -0.2) is 9.97 Å². The molecule has 1 saturated carbocycles. The molecule has 0 atom stereocenters. The van der Waals surface area contributed by atoms with Crippen LogP contribution in [-0.2, 0) is 0 Å². The fourth-order valence-electron chi connectivity index (χ4n) is 3.16. The van der Waals surface area contributed by atoms with Crippen LogP contribution in [0.25, 0.3) is 10.9 Å². The maximum Gasteiger partial charge on any atom is 0.223 e. The van der Waals surface area contributed by atoms with Gasteiger partial charge in [0.25, 0.3) is 0 Å². The summed E-state index contributed by atoms with van der Waals surface area (Å²) in [6, 6.07) is 15.8. The summed E-state index contributed by atoms with van der Waals surface area (Å²) in [5.74, 6) is 2.19. The zero-order chi connectivity index (χ0) is 17.1. The summed E-state index contributed by atoms with van der Waals surface area (Å²) in [5.41, 5.74) is 0.849. The number of hydrogen-bond donors (Lipinski definition) is 2. The molecule has 1 aliphatic rings. The van der Waals surface area contributed by atoms with Crippen LogP contribution in [0.5, 0.6) is 11.5 Å². The van der Waals surface area contributed by atoms with E-state index in [-0.39, 0.29) is 6.10 Å². The molecule has 25 heavy (non-hydrogen) atoms. The van der Waals surface area contributed by atoms with Crippen molar-refractivity contribution in [3.8, 4) is 11.5 Å². The van der Waals surface area contributed by atoms with Gasteiger partial charge in [0, 0.05) is 23.7 Å². The largest absolute Gasteiger partial charge is 0.457 e. The lowest BCUT2D eigenvalue weighted by Gasteiger charge is -2.26. The van der Waals surface area contributed by atoms with E-state index in [1.165, 1.54) is 0 Å². The topological polar surface area (TPSA) is 67.3 Å². The Morgan fingerprint density at radius 3 is 2.56 bits per heavy atom. The molecule has 0 bridgehead atoms. The van der Waals surface area contributed by atoms with Crippen molar-refractivity contribution < 1.29 is 9.84 Å². The minimum Gasteiger partial charge on any atom is -0.457 e. The first-order valence-corrected chi connectivity index (χ1v) is 8.70. The Hall–Kier alpha value is -2.66. The lowest BCUT2D eigenvalue weighted by Crippen LogP contribution is -2.28. The van der Waals surface area contributed by atoms with Gasteiger partial charge >= 0.3 is 0 Å². The fraction of sp³-hybridized carbons (Fsp3) is 0.300. The van der Waals surface area contributed by atoms with Crippen LogP contribution in [0.15, 0.2) is 54.7 Å². The first-order valence-electron chi connectivity index (χ1n) is 8.70. The minimum absolute atomic E-state index is 0.159. The quantitative estimate of drug-likeness (QED) is 0.750.